The molecule has 1 amide bonds. The minimum atomic E-state index is -1.01. The van der Waals surface area contributed by atoms with Crippen LogP contribution in [0.5, 0.6) is 0 Å². The van der Waals surface area contributed by atoms with E-state index in [1.165, 1.54) is 7.11 Å². The number of hydrogen-bond donors (Lipinski definition) is 1. The number of carbonyl (C=O) groups excluding carboxylic acids is 1. The largest absolute Gasteiger partial charge is 0.481 e. The number of hydrogen-bond acceptors (Lipinski definition) is 4. The van der Waals surface area contributed by atoms with Gasteiger partial charge in [-0.15, -0.1) is 0 Å². The molecule has 1 aromatic heterocycles. The molecule has 7 heteroatoms. The van der Waals surface area contributed by atoms with Gasteiger partial charge in [-0.3, -0.25) is 14.3 Å². The molecule has 1 fully saturated rings. The molecule has 7 nitrogen and oxygen atoms in total. The molecule has 0 saturated carbocycles. The topological polar surface area (TPSA) is 84.7 Å². The first-order chi connectivity index (χ1) is 10.9. The molecule has 0 bridgehead atoms. The maximum Gasteiger partial charge on any atom is 0.313 e. The number of aliphatic carboxylic acids is 1. The van der Waals surface area contributed by atoms with Crippen LogP contribution in [-0.2, 0) is 16.1 Å². The zero-order valence-corrected chi connectivity index (χ0v) is 14.3. The van der Waals surface area contributed by atoms with E-state index >= 15 is 0 Å². The lowest BCUT2D eigenvalue weighted by Crippen LogP contribution is -2.40. The molecule has 23 heavy (non-hydrogen) atoms. The van der Waals surface area contributed by atoms with Crippen molar-refractivity contribution in [1.82, 2.24) is 14.7 Å². The maximum atomic E-state index is 12.9. The number of rotatable bonds is 6. The van der Waals surface area contributed by atoms with Gasteiger partial charge in [0.2, 0.25) is 0 Å². The Kier molecular flexibility index (Phi) is 5.09. The third-order valence-electron chi connectivity index (χ3n) is 4.55. The fourth-order valence-corrected chi connectivity index (χ4v) is 3.27. The summed E-state index contributed by atoms with van der Waals surface area (Å²) in [7, 11) is 1.48. The average molecular weight is 323 g/mol. The predicted molar refractivity (Wildman–Crippen MR) is 84.5 cm³/mol. The average Bonchev–Trinajstić information content (AvgIpc) is 3.03. The number of methoxy groups -OCH3 is 1. The van der Waals surface area contributed by atoms with Gasteiger partial charge < -0.3 is 14.7 Å². The Balaban J connectivity index is 2.24. The highest BCUT2D eigenvalue weighted by Gasteiger charge is 2.47. The summed E-state index contributed by atoms with van der Waals surface area (Å²) in [6.07, 6.45) is 1.35. The number of aryl methyl sites for hydroxylation is 2. The summed E-state index contributed by atoms with van der Waals surface area (Å²) in [5, 5.41) is 13.9. The molecule has 0 aromatic carbocycles. The van der Waals surface area contributed by atoms with Crippen LogP contribution in [-0.4, -0.2) is 58.5 Å². The first kappa shape index (κ1) is 17.5. The van der Waals surface area contributed by atoms with Gasteiger partial charge in [0.25, 0.3) is 5.91 Å². The van der Waals surface area contributed by atoms with Crippen LogP contribution in [0.2, 0.25) is 0 Å². The lowest BCUT2D eigenvalue weighted by Gasteiger charge is -2.23. The zero-order chi connectivity index (χ0) is 17.2. The van der Waals surface area contributed by atoms with Crippen molar-refractivity contribution < 1.29 is 19.4 Å². The Labute approximate surface area is 136 Å². The number of likely N-dealkylation sites (tertiary alicyclic amines) is 1. The fraction of sp³-hybridized carbons (Fsp3) is 0.688. The number of ether oxygens (including phenoxy) is 1. The van der Waals surface area contributed by atoms with Gasteiger partial charge >= 0.3 is 5.97 Å². The van der Waals surface area contributed by atoms with Gasteiger partial charge in [0, 0.05) is 32.4 Å². The van der Waals surface area contributed by atoms with Crippen molar-refractivity contribution >= 4 is 11.9 Å². The summed E-state index contributed by atoms with van der Waals surface area (Å²) in [5.74, 6) is -1.05. The lowest BCUT2D eigenvalue weighted by atomic mass is 9.88. The van der Waals surface area contributed by atoms with Crippen molar-refractivity contribution in [3.8, 4) is 0 Å². The van der Waals surface area contributed by atoms with Crippen molar-refractivity contribution in [3.05, 3.63) is 17.0 Å². The first-order valence-corrected chi connectivity index (χ1v) is 7.92. The van der Waals surface area contributed by atoms with Gasteiger partial charge in [-0.05, 0) is 26.7 Å². The molecule has 1 N–H and O–H groups in total. The van der Waals surface area contributed by atoms with Crippen molar-refractivity contribution in [2.24, 2.45) is 5.41 Å². The third kappa shape index (κ3) is 3.10. The van der Waals surface area contributed by atoms with E-state index in [0.717, 1.165) is 18.7 Å². The van der Waals surface area contributed by atoms with E-state index in [1.807, 2.05) is 18.5 Å². The Hall–Kier alpha value is -1.89. The highest BCUT2D eigenvalue weighted by molar-refractivity contribution is 5.97. The van der Waals surface area contributed by atoms with Crippen LogP contribution in [0.3, 0.4) is 0 Å². The van der Waals surface area contributed by atoms with Crippen LogP contribution >= 0.6 is 0 Å². The van der Waals surface area contributed by atoms with E-state index in [2.05, 4.69) is 12.0 Å². The molecular formula is C16H25N3O4. The minimum absolute atomic E-state index is 0.110. The van der Waals surface area contributed by atoms with Crippen molar-refractivity contribution in [2.75, 3.05) is 26.8 Å². The van der Waals surface area contributed by atoms with Crippen LogP contribution in [0.15, 0.2) is 0 Å². The zero-order valence-electron chi connectivity index (χ0n) is 14.3. The molecule has 1 aliphatic heterocycles. The lowest BCUT2D eigenvalue weighted by molar-refractivity contribution is -0.151. The van der Waals surface area contributed by atoms with Gasteiger partial charge in [-0.25, -0.2) is 0 Å². The van der Waals surface area contributed by atoms with Gasteiger partial charge in [-0.1, -0.05) is 6.92 Å². The number of amides is 1. The molecule has 0 spiro atoms. The number of carboxylic acids is 1. The predicted octanol–water partition coefficient (Wildman–Crippen LogP) is 1.47. The molecular weight excluding hydrogens is 298 g/mol. The number of aromatic nitrogens is 2. The van der Waals surface area contributed by atoms with E-state index in [4.69, 9.17) is 4.74 Å². The van der Waals surface area contributed by atoms with E-state index in [1.54, 1.807) is 4.90 Å². The molecule has 2 rings (SSSR count). The standard InChI is InChI=1S/C16H25N3O4/c1-5-7-19-12(3)13(11(2)17-19)14(20)18-8-6-16(9-18,10-23-4)15(21)22/h5-10H2,1-4H3,(H,21,22). The quantitative estimate of drug-likeness (QED) is 0.857. The Morgan fingerprint density at radius 3 is 2.65 bits per heavy atom. The minimum Gasteiger partial charge on any atom is -0.481 e. The van der Waals surface area contributed by atoms with Crippen LogP contribution in [0.1, 0.15) is 41.5 Å². The Morgan fingerprint density at radius 1 is 1.39 bits per heavy atom. The van der Waals surface area contributed by atoms with E-state index in [9.17, 15) is 14.7 Å². The fourth-order valence-electron chi connectivity index (χ4n) is 3.27. The third-order valence-corrected chi connectivity index (χ3v) is 4.55. The van der Waals surface area contributed by atoms with Gasteiger partial charge in [0.05, 0.1) is 17.9 Å². The maximum absolute atomic E-state index is 12.9. The number of nitrogens with zero attached hydrogens (tertiary/aromatic N) is 3. The summed E-state index contributed by atoms with van der Waals surface area (Å²) in [5.41, 5.74) is 1.12. The highest BCUT2D eigenvalue weighted by atomic mass is 16.5. The van der Waals surface area contributed by atoms with Crippen molar-refractivity contribution in [1.29, 1.82) is 0 Å². The first-order valence-electron chi connectivity index (χ1n) is 7.92. The van der Waals surface area contributed by atoms with Crippen LogP contribution in [0.25, 0.3) is 0 Å². The molecule has 1 aliphatic rings. The molecule has 1 unspecified atom stereocenters. The van der Waals surface area contributed by atoms with Gasteiger partial charge in [0.1, 0.15) is 5.41 Å². The van der Waals surface area contributed by atoms with Crippen LogP contribution < -0.4 is 0 Å². The van der Waals surface area contributed by atoms with Gasteiger partial charge in [-0.2, -0.15) is 5.10 Å². The summed E-state index contributed by atoms with van der Waals surface area (Å²) in [6.45, 7) is 7.24. The second-order valence-corrected chi connectivity index (χ2v) is 6.26. The van der Waals surface area contributed by atoms with Crippen molar-refractivity contribution in [3.63, 3.8) is 0 Å². The molecule has 128 valence electrons. The molecule has 1 atom stereocenters. The number of carbonyl (C=O) groups is 2. The second kappa shape index (κ2) is 6.70. The van der Waals surface area contributed by atoms with Gasteiger partial charge in [0.15, 0.2) is 0 Å². The highest BCUT2D eigenvalue weighted by Crippen LogP contribution is 2.32. The SMILES string of the molecule is CCCn1nc(C)c(C(=O)N2CCC(COC)(C(=O)O)C2)c1C. The summed E-state index contributed by atoms with van der Waals surface area (Å²) in [6, 6.07) is 0. The molecule has 0 aliphatic carbocycles. The van der Waals surface area contributed by atoms with Crippen molar-refractivity contribution in [2.45, 2.75) is 40.2 Å². The van der Waals surface area contributed by atoms with E-state index < -0.39 is 11.4 Å². The van der Waals surface area contributed by atoms with E-state index in [0.29, 0.717) is 24.2 Å². The normalized spacial score (nSPS) is 21.0. The second-order valence-electron chi connectivity index (χ2n) is 6.26. The molecule has 2 heterocycles. The molecule has 0 radical (unpaired) electrons. The Bertz CT molecular complexity index is 611. The molecule has 1 saturated heterocycles. The molecule has 1 aromatic rings. The Morgan fingerprint density at radius 2 is 2.09 bits per heavy atom. The summed E-state index contributed by atoms with van der Waals surface area (Å²) >= 11 is 0. The number of carboxylic acid groups (broad SMARTS) is 1. The summed E-state index contributed by atoms with van der Waals surface area (Å²) in [4.78, 5) is 26.1. The van der Waals surface area contributed by atoms with E-state index in [-0.39, 0.29) is 19.1 Å². The smallest absolute Gasteiger partial charge is 0.313 e. The summed E-state index contributed by atoms with van der Waals surface area (Å²) < 4.78 is 6.92. The monoisotopic (exact) mass is 323 g/mol. The van der Waals surface area contributed by atoms with Crippen LogP contribution in [0, 0.1) is 19.3 Å². The van der Waals surface area contributed by atoms with Crippen LogP contribution in [0.4, 0.5) is 0 Å².